The first kappa shape index (κ1) is 7.20. The molecular formula is C6H8Al2O. The van der Waals surface area contributed by atoms with Gasteiger partial charge in [0.2, 0.25) is 0 Å². The fourth-order valence-electron chi connectivity index (χ4n) is 0.806. The summed E-state index contributed by atoms with van der Waals surface area (Å²) in [5, 5.41) is 9.28. The zero-order chi connectivity index (χ0) is 6.85. The van der Waals surface area contributed by atoms with E-state index in [0.29, 0.717) is 5.75 Å². The molecule has 0 atom stereocenters. The van der Waals surface area contributed by atoms with Crippen LogP contribution in [0.5, 0.6) is 5.75 Å². The van der Waals surface area contributed by atoms with Crippen LogP contribution in [0.4, 0.5) is 0 Å². The smallest absolute Gasteiger partial charge is 0.264 e. The summed E-state index contributed by atoms with van der Waals surface area (Å²) in [4.78, 5) is 0. The van der Waals surface area contributed by atoms with Crippen molar-refractivity contribution in [3.05, 3.63) is 18.2 Å². The van der Waals surface area contributed by atoms with Crippen molar-refractivity contribution in [2.75, 3.05) is 0 Å². The Morgan fingerprint density at radius 3 is 1.89 bits per heavy atom. The Bertz CT molecular complexity index is 202. The molecule has 0 saturated carbocycles. The molecule has 0 amide bonds. The number of para-hydroxylation sites is 1. The minimum atomic E-state index is 0.538. The Labute approximate surface area is 70.5 Å². The summed E-state index contributed by atoms with van der Waals surface area (Å²) in [5.41, 5.74) is 0. The third kappa shape index (κ3) is 1.51. The molecule has 0 aliphatic rings. The highest BCUT2D eigenvalue weighted by Crippen LogP contribution is 1.94. The summed E-state index contributed by atoms with van der Waals surface area (Å²) < 4.78 is 2.23. The van der Waals surface area contributed by atoms with Gasteiger partial charge in [-0.1, -0.05) is 27.0 Å². The zero-order valence-electron chi connectivity index (χ0n) is 5.68. The van der Waals surface area contributed by atoms with Crippen LogP contribution in [0, 0.1) is 0 Å². The van der Waals surface area contributed by atoms with Gasteiger partial charge >= 0.3 is 0 Å². The molecule has 0 spiro atoms. The Balaban J connectivity index is 3.25. The fraction of sp³-hybridized carbons (Fsp3) is 0. The van der Waals surface area contributed by atoms with Gasteiger partial charge in [-0.3, -0.25) is 0 Å². The standard InChI is InChI=1S/C6H4O.2Al.4H/c7-6-4-2-1-3-5-6;;;;;;/h1-3,7H;;;;;;. The molecule has 0 heterocycles. The molecule has 1 N–H and O–H groups in total. The largest absolute Gasteiger partial charge is 0.511 e. The maximum absolute atomic E-state index is 9.28. The summed E-state index contributed by atoms with van der Waals surface area (Å²) in [6.07, 6.45) is 0. The lowest BCUT2D eigenvalue weighted by molar-refractivity contribution is 0.484. The first-order valence-electron chi connectivity index (χ1n) is 2.97. The van der Waals surface area contributed by atoms with Gasteiger partial charge in [0.15, 0.2) is 0 Å². The third-order valence-electron chi connectivity index (χ3n) is 1.44. The van der Waals surface area contributed by atoms with Crippen molar-refractivity contribution in [2.24, 2.45) is 0 Å². The topological polar surface area (TPSA) is 20.2 Å². The van der Waals surface area contributed by atoms with E-state index in [2.05, 4.69) is 0 Å². The zero-order valence-corrected chi connectivity index (χ0v) is 9.68. The van der Waals surface area contributed by atoms with E-state index < -0.39 is 0 Å². The van der Waals surface area contributed by atoms with Crippen LogP contribution in [0.1, 0.15) is 0 Å². The molecule has 9 heavy (non-hydrogen) atoms. The van der Waals surface area contributed by atoms with Crippen LogP contribution >= 0.6 is 0 Å². The van der Waals surface area contributed by atoms with E-state index in [-0.39, 0.29) is 0 Å². The lowest BCUT2D eigenvalue weighted by atomic mass is 10.3. The Kier molecular flexibility index (Phi) is 2.22. The maximum Gasteiger partial charge on any atom is 0.264 e. The molecule has 0 unspecified atom stereocenters. The predicted octanol–water partition coefficient (Wildman–Crippen LogP) is -2.09. The molecule has 3 heteroatoms. The second-order valence-corrected chi connectivity index (χ2v) is 4.40. The molecule has 0 aromatic heterocycles. The van der Waals surface area contributed by atoms with Gasteiger partial charge in [-0.2, -0.15) is 0 Å². The van der Waals surface area contributed by atoms with Crippen molar-refractivity contribution in [2.45, 2.75) is 0 Å². The molecule has 0 aliphatic heterocycles. The normalized spacial score (nSPS) is 9.33. The molecule has 1 aromatic rings. The molecule has 0 fully saturated rings. The summed E-state index contributed by atoms with van der Waals surface area (Å²) >= 11 is 1.89. The van der Waals surface area contributed by atoms with Gasteiger partial charge in [-0.05, 0) is 0 Å². The number of hydrogen-bond acceptors (Lipinski definition) is 1. The molecule has 0 saturated heterocycles. The van der Waals surface area contributed by atoms with Crippen LogP contribution in [0.3, 0.4) is 0 Å². The molecule has 1 nitrogen and oxygen atoms in total. The monoisotopic (exact) mass is 150 g/mol. The first-order valence-corrected chi connectivity index (χ1v) is 4.97. The summed E-state index contributed by atoms with van der Waals surface area (Å²) in [7, 11) is 0. The minimum absolute atomic E-state index is 0.538. The van der Waals surface area contributed by atoms with E-state index >= 15 is 0 Å². The number of phenols is 1. The van der Waals surface area contributed by atoms with Gasteiger partial charge in [-0.25, -0.2) is 0 Å². The molecule has 0 aliphatic carbocycles. The molecule has 44 valence electrons. The average molecular weight is 150 g/mol. The van der Waals surface area contributed by atoms with Crippen molar-refractivity contribution < 1.29 is 5.11 Å². The van der Waals surface area contributed by atoms with Gasteiger partial charge in [0, 0.05) is 0 Å². The first-order chi connectivity index (χ1) is 4.22. The molecule has 0 radical (unpaired) electrons. The van der Waals surface area contributed by atoms with Crippen LogP contribution in [-0.4, -0.2) is 37.7 Å². The van der Waals surface area contributed by atoms with Crippen LogP contribution < -0.4 is 8.85 Å². The number of rotatable bonds is 0. The van der Waals surface area contributed by atoms with E-state index in [0.717, 1.165) is 41.4 Å². The molecular weight excluding hydrogens is 142 g/mol. The van der Waals surface area contributed by atoms with E-state index in [1.54, 1.807) is 0 Å². The van der Waals surface area contributed by atoms with E-state index in [4.69, 9.17) is 0 Å². The fourth-order valence-corrected chi connectivity index (χ4v) is 2.48. The van der Waals surface area contributed by atoms with Crippen LogP contribution in [0.2, 0.25) is 0 Å². The quantitative estimate of drug-likeness (QED) is 0.420. The van der Waals surface area contributed by atoms with Gasteiger partial charge in [0.25, 0.3) is 32.6 Å². The average Bonchev–Trinajstić information content (AvgIpc) is 1.83. The maximum atomic E-state index is 9.28. The Morgan fingerprint density at radius 2 is 1.56 bits per heavy atom. The highest BCUT2D eigenvalue weighted by Gasteiger charge is 1.94. The molecule has 0 bridgehead atoms. The third-order valence-corrected chi connectivity index (χ3v) is 3.05. The van der Waals surface area contributed by atoms with Gasteiger partial charge in [0.05, 0.1) is 5.75 Å². The van der Waals surface area contributed by atoms with Crippen LogP contribution in [0.15, 0.2) is 18.2 Å². The van der Waals surface area contributed by atoms with Gasteiger partial charge < -0.3 is 5.11 Å². The number of phenolic OH excluding ortho intramolecular Hbond substituents is 1. The molecule has 1 rings (SSSR count). The van der Waals surface area contributed by atoms with Gasteiger partial charge in [-0.15, -0.1) is 0 Å². The van der Waals surface area contributed by atoms with Crippen LogP contribution in [-0.2, 0) is 0 Å². The van der Waals surface area contributed by atoms with Crippen molar-refractivity contribution in [1.82, 2.24) is 0 Å². The van der Waals surface area contributed by atoms with Crippen molar-refractivity contribution in [3.8, 4) is 5.75 Å². The lowest BCUT2D eigenvalue weighted by Crippen LogP contribution is -2.13. The second-order valence-electron chi connectivity index (χ2n) is 2.24. The predicted molar refractivity (Wildman–Crippen MR) is 44.5 cm³/mol. The lowest BCUT2D eigenvalue weighted by Gasteiger charge is -2.00. The SMILES string of the molecule is Oc1[c]([AlH2])ccc[c]1[AlH2]. The number of aromatic hydroxyl groups is 1. The number of hydrogen-bond donors (Lipinski definition) is 1. The van der Waals surface area contributed by atoms with E-state index in [1.165, 1.54) is 0 Å². The van der Waals surface area contributed by atoms with Crippen molar-refractivity contribution in [3.63, 3.8) is 0 Å². The summed E-state index contributed by atoms with van der Waals surface area (Å²) in [5.74, 6) is 0.538. The van der Waals surface area contributed by atoms with Crippen molar-refractivity contribution >= 4 is 41.4 Å². The highest BCUT2D eigenvalue weighted by atomic mass is 27.1. The number of benzene rings is 1. The minimum Gasteiger partial charge on any atom is -0.511 e. The Morgan fingerprint density at radius 1 is 1.11 bits per heavy atom. The Hall–Kier alpha value is 0.0849. The van der Waals surface area contributed by atoms with Crippen molar-refractivity contribution in [1.29, 1.82) is 0 Å². The van der Waals surface area contributed by atoms with Gasteiger partial charge in [0.1, 0.15) is 0 Å². The molecule has 1 aromatic carbocycles. The summed E-state index contributed by atoms with van der Waals surface area (Å²) in [6.45, 7) is 0. The van der Waals surface area contributed by atoms with E-state index in [9.17, 15) is 5.11 Å². The second kappa shape index (κ2) is 2.78. The highest BCUT2D eigenvalue weighted by molar-refractivity contribution is 6.41. The van der Waals surface area contributed by atoms with E-state index in [1.807, 2.05) is 18.2 Å². The summed E-state index contributed by atoms with van der Waals surface area (Å²) in [6, 6.07) is 5.95. The van der Waals surface area contributed by atoms with Crippen LogP contribution in [0.25, 0.3) is 0 Å².